The summed E-state index contributed by atoms with van der Waals surface area (Å²) < 4.78 is 1.45. The SMILES string of the molecule is CC(C)(C)N(C(=O)O)c1cc(O)cn2nccc12. The molecule has 96 valence electrons. The van der Waals surface area contributed by atoms with Crippen LogP contribution in [0.3, 0.4) is 0 Å². The van der Waals surface area contributed by atoms with Crippen LogP contribution in [0.4, 0.5) is 10.5 Å². The summed E-state index contributed by atoms with van der Waals surface area (Å²) in [6.07, 6.45) is 1.92. The molecule has 0 radical (unpaired) electrons. The van der Waals surface area contributed by atoms with Gasteiger partial charge in [-0.2, -0.15) is 5.10 Å². The molecule has 0 spiro atoms. The summed E-state index contributed by atoms with van der Waals surface area (Å²) in [6, 6.07) is 3.13. The van der Waals surface area contributed by atoms with E-state index < -0.39 is 11.6 Å². The Morgan fingerprint density at radius 1 is 1.44 bits per heavy atom. The molecule has 6 heteroatoms. The summed E-state index contributed by atoms with van der Waals surface area (Å²) in [6.45, 7) is 5.37. The zero-order valence-electron chi connectivity index (χ0n) is 10.5. The molecule has 2 aromatic heterocycles. The molecular weight excluding hydrogens is 234 g/mol. The van der Waals surface area contributed by atoms with Crippen LogP contribution < -0.4 is 4.90 Å². The Labute approximate surface area is 104 Å². The van der Waals surface area contributed by atoms with Crippen LogP contribution >= 0.6 is 0 Å². The van der Waals surface area contributed by atoms with E-state index >= 15 is 0 Å². The molecule has 1 amide bonds. The molecule has 0 saturated carbocycles. The average molecular weight is 249 g/mol. The molecule has 2 heterocycles. The molecule has 0 aliphatic rings. The number of amides is 1. The van der Waals surface area contributed by atoms with E-state index in [1.165, 1.54) is 21.7 Å². The van der Waals surface area contributed by atoms with Gasteiger partial charge in [-0.3, -0.25) is 4.90 Å². The lowest BCUT2D eigenvalue weighted by Crippen LogP contribution is -2.45. The Morgan fingerprint density at radius 3 is 2.67 bits per heavy atom. The molecular formula is C12H15N3O3. The number of hydrogen-bond acceptors (Lipinski definition) is 3. The molecule has 0 aliphatic carbocycles. The number of hydrogen-bond donors (Lipinski definition) is 2. The first kappa shape index (κ1) is 12.2. The van der Waals surface area contributed by atoms with Gasteiger partial charge in [-0.05, 0) is 26.8 Å². The third kappa shape index (κ3) is 1.97. The van der Waals surface area contributed by atoms with E-state index in [9.17, 15) is 15.0 Å². The van der Waals surface area contributed by atoms with Gasteiger partial charge in [-0.15, -0.1) is 0 Å². The van der Waals surface area contributed by atoms with Gasteiger partial charge < -0.3 is 10.2 Å². The Morgan fingerprint density at radius 2 is 2.11 bits per heavy atom. The van der Waals surface area contributed by atoms with Crippen LogP contribution in [0, 0.1) is 0 Å². The number of aromatic nitrogens is 2. The van der Waals surface area contributed by atoms with E-state index in [2.05, 4.69) is 5.10 Å². The fourth-order valence-corrected chi connectivity index (χ4v) is 1.93. The van der Waals surface area contributed by atoms with E-state index in [0.717, 1.165) is 0 Å². The molecule has 0 bridgehead atoms. The van der Waals surface area contributed by atoms with Crippen molar-refractivity contribution in [3.05, 3.63) is 24.5 Å². The lowest BCUT2D eigenvalue weighted by atomic mass is 10.1. The lowest BCUT2D eigenvalue weighted by Gasteiger charge is -2.33. The van der Waals surface area contributed by atoms with Crippen LogP contribution in [0.1, 0.15) is 20.8 Å². The quantitative estimate of drug-likeness (QED) is 0.813. The number of carboxylic acid groups (broad SMARTS) is 1. The first-order valence-corrected chi connectivity index (χ1v) is 5.50. The first-order valence-electron chi connectivity index (χ1n) is 5.50. The van der Waals surface area contributed by atoms with Crippen molar-refractivity contribution in [2.75, 3.05) is 4.90 Å². The van der Waals surface area contributed by atoms with E-state index in [1.54, 1.807) is 33.0 Å². The fourth-order valence-electron chi connectivity index (χ4n) is 1.93. The average Bonchev–Trinajstić information content (AvgIpc) is 2.61. The molecule has 6 nitrogen and oxygen atoms in total. The first-order chi connectivity index (χ1) is 8.30. The minimum atomic E-state index is -1.07. The van der Waals surface area contributed by atoms with Gasteiger partial charge in [0.2, 0.25) is 0 Å². The highest BCUT2D eigenvalue weighted by molar-refractivity contribution is 5.93. The van der Waals surface area contributed by atoms with Gasteiger partial charge in [0.05, 0.1) is 23.6 Å². The van der Waals surface area contributed by atoms with Gasteiger partial charge in [-0.25, -0.2) is 9.31 Å². The molecule has 0 aromatic carbocycles. The van der Waals surface area contributed by atoms with Crippen molar-refractivity contribution in [2.45, 2.75) is 26.3 Å². The maximum absolute atomic E-state index is 11.4. The van der Waals surface area contributed by atoms with Crippen molar-refractivity contribution in [1.29, 1.82) is 0 Å². The van der Waals surface area contributed by atoms with E-state index in [1.807, 2.05) is 0 Å². The maximum Gasteiger partial charge on any atom is 0.412 e. The highest BCUT2D eigenvalue weighted by atomic mass is 16.4. The highest BCUT2D eigenvalue weighted by Crippen LogP contribution is 2.31. The van der Waals surface area contributed by atoms with Gasteiger partial charge in [0.15, 0.2) is 0 Å². The highest BCUT2D eigenvalue weighted by Gasteiger charge is 2.29. The van der Waals surface area contributed by atoms with Crippen molar-refractivity contribution >= 4 is 17.3 Å². The van der Waals surface area contributed by atoms with Gasteiger partial charge in [0.1, 0.15) is 5.75 Å². The zero-order chi connectivity index (χ0) is 13.5. The normalized spacial score (nSPS) is 11.7. The van der Waals surface area contributed by atoms with Crippen LogP contribution in [-0.2, 0) is 0 Å². The number of rotatable bonds is 1. The van der Waals surface area contributed by atoms with Gasteiger partial charge in [-0.1, -0.05) is 0 Å². The summed E-state index contributed by atoms with van der Waals surface area (Å²) >= 11 is 0. The van der Waals surface area contributed by atoms with Crippen molar-refractivity contribution in [3.63, 3.8) is 0 Å². The molecule has 0 fully saturated rings. The second-order valence-electron chi connectivity index (χ2n) is 5.03. The topological polar surface area (TPSA) is 78.1 Å². The number of anilines is 1. The number of carbonyl (C=O) groups is 1. The van der Waals surface area contributed by atoms with E-state index in [4.69, 9.17) is 0 Å². The number of pyridine rings is 1. The summed E-state index contributed by atoms with van der Waals surface area (Å²) in [7, 11) is 0. The van der Waals surface area contributed by atoms with E-state index in [-0.39, 0.29) is 5.75 Å². The zero-order valence-corrected chi connectivity index (χ0v) is 10.5. The largest absolute Gasteiger partial charge is 0.506 e. The third-order valence-electron chi connectivity index (χ3n) is 2.57. The summed E-state index contributed by atoms with van der Waals surface area (Å²) in [5, 5.41) is 23.0. The molecule has 0 unspecified atom stereocenters. The second kappa shape index (κ2) is 3.90. The number of nitrogens with zero attached hydrogens (tertiary/aromatic N) is 3. The minimum absolute atomic E-state index is 0.0308. The monoisotopic (exact) mass is 249 g/mol. The molecule has 0 saturated heterocycles. The Kier molecular flexibility index (Phi) is 2.65. The molecule has 2 aromatic rings. The van der Waals surface area contributed by atoms with Gasteiger partial charge >= 0.3 is 6.09 Å². The van der Waals surface area contributed by atoms with Crippen molar-refractivity contribution in [1.82, 2.24) is 9.61 Å². The Bertz CT molecular complexity index is 598. The summed E-state index contributed by atoms with van der Waals surface area (Å²) in [5.41, 5.74) is 0.419. The fraction of sp³-hybridized carbons (Fsp3) is 0.333. The minimum Gasteiger partial charge on any atom is -0.506 e. The molecule has 0 atom stereocenters. The molecule has 0 aliphatic heterocycles. The van der Waals surface area contributed by atoms with Crippen molar-refractivity contribution in [3.8, 4) is 5.75 Å². The summed E-state index contributed by atoms with van der Waals surface area (Å²) in [5.74, 6) is -0.0308. The van der Waals surface area contributed by atoms with Crippen LogP contribution in [0.25, 0.3) is 5.52 Å². The van der Waals surface area contributed by atoms with Gasteiger partial charge in [0, 0.05) is 11.6 Å². The van der Waals surface area contributed by atoms with Crippen LogP contribution in [0.2, 0.25) is 0 Å². The number of fused-ring (bicyclic) bond motifs is 1. The molecule has 2 N–H and O–H groups in total. The molecule has 18 heavy (non-hydrogen) atoms. The maximum atomic E-state index is 11.4. The molecule has 2 rings (SSSR count). The van der Waals surface area contributed by atoms with Crippen LogP contribution in [0.15, 0.2) is 24.5 Å². The predicted molar refractivity (Wildman–Crippen MR) is 67.1 cm³/mol. The second-order valence-corrected chi connectivity index (χ2v) is 5.03. The Balaban J connectivity index is 2.71. The number of aromatic hydroxyl groups is 1. The van der Waals surface area contributed by atoms with Crippen molar-refractivity contribution in [2.24, 2.45) is 0 Å². The summed E-state index contributed by atoms with van der Waals surface area (Å²) in [4.78, 5) is 12.7. The van der Waals surface area contributed by atoms with E-state index in [0.29, 0.717) is 11.2 Å². The van der Waals surface area contributed by atoms with Crippen LogP contribution in [-0.4, -0.2) is 31.5 Å². The van der Waals surface area contributed by atoms with Gasteiger partial charge in [0.25, 0.3) is 0 Å². The standard InChI is InChI=1S/C12H15N3O3/c1-12(2,3)15(11(17)18)10-6-8(16)7-14-9(10)4-5-13-14/h4-7,16H,1-3H3,(H,17,18). The Hall–Kier alpha value is -2.24. The smallest absolute Gasteiger partial charge is 0.412 e. The predicted octanol–water partition coefficient (Wildman–Crippen LogP) is 2.32. The van der Waals surface area contributed by atoms with Crippen LogP contribution in [0.5, 0.6) is 5.75 Å². The van der Waals surface area contributed by atoms with Crippen molar-refractivity contribution < 1.29 is 15.0 Å². The third-order valence-corrected chi connectivity index (χ3v) is 2.57. The lowest BCUT2D eigenvalue weighted by molar-refractivity contribution is 0.195.